The molecular weight excluding hydrogens is 160 g/mol. The zero-order valence-electron chi connectivity index (χ0n) is 8.67. The predicted octanol–water partition coefficient (Wildman–Crippen LogP) is 1.92. The van der Waals surface area contributed by atoms with Crippen LogP contribution in [0, 0.1) is 0 Å². The van der Waals surface area contributed by atoms with Crippen LogP contribution in [0.4, 0.5) is 0 Å². The van der Waals surface area contributed by atoms with Crippen LogP contribution in [0.2, 0.25) is 0 Å². The lowest BCUT2D eigenvalue weighted by Crippen LogP contribution is -2.42. The van der Waals surface area contributed by atoms with Crippen molar-refractivity contribution in [3.05, 3.63) is 0 Å². The maximum atomic E-state index is 2.63. The molecule has 2 nitrogen and oxygen atoms in total. The van der Waals surface area contributed by atoms with Crippen molar-refractivity contribution in [3.63, 3.8) is 0 Å². The van der Waals surface area contributed by atoms with Crippen molar-refractivity contribution < 1.29 is 0 Å². The van der Waals surface area contributed by atoms with E-state index in [1.807, 2.05) is 0 Å². The molecule has 0 spiro atoms. The van der Waals surface area contributed by atoms with Crippen molar-refractivity contribution in [2.45, 2.75) is 38.5 Å². The summed E-state index contributed by atoms with van der Waals surface area (Å²) in [5, 5.41) is 0. The number of nitrogens with zero attached hydrogens (tertiary/aromatic N) is 2. The molecule has 0 amide bonds. The first kappa shape index (κ1) is 9.47. The van der Waals surface area contributed by atoms with Gasteiger partial charge in [-0.1, -0.05) is 12.8 Å². The second-order valence-electron chi connectivity index (χ2n) is 4.50. The SMILES string of the molecule is C1CCN(CN2CCCCC2)CC1. The first-order valence-electron chi connectivity index (χ1n) is 5.90. The van der Waals surface area contributed by atoms with Crippen LogP contribution in [0.5, 0.6) is 0 Å². The van der Waals surface area contributed by atoms with E-state index in [2.05, 4.69) is 9.80 Å². The van der Waals surface area contributed by atoms with E-state index in [1.165, 1.54) is 71.4 Å². The highest BCUT2D eigenvalue weighted by atomic mass is 15.3. The zero-order valence-corrected chi connectivity index (χ0v) is 8.67. The molecule has 0 aromatic rings. The lowest BCUT2D eigenvalue weighted by molar-refractivity contribution is 0.0979. The van der Waals surface area contributed by atoms with Crippen LogP contribution in [-0.2, 0) is 0 Å². The van der Waals surface area contributed by atoms with Crippen LogP contribution in [0.15, 0.2) is 0 Å². The molecule has 0 aromatic heterocycles. The highest BCUT2D eigenvalue weighted by Gasteiger charge is 2.15. The maximum Gasteiger partial charge on any atom is 0.0506 e. The Morgan fingerprint density at radius 1 is 0.538 bits per heavy atom. The van der Waals surface area contributed by atoms with E-state index in [1.54, 1.807) is 0 Å². The van der Waals surface area contributed by atoms with Crippen LogP contribution in [0.1, 0.15) is 38.5 Å². The van der Waals surface area contributed by atoms with Crippen LogP contribution in [-0.4, -0.2) is 42.6 Å². The lowest BCUT2D eigenvalue weighted by atomic mass is 10.1. The Hall–Kier alpha value is -0.0800. The lowest BCUT2D eigenvalue weighted by Gasteiger charge is -2.34. The van der Waals surface area contributed by atoms with Gasteiger partial charge in [0.25, 0.3) is 0 Å². The molecule has 2 aliphatic heterocycles. The fraction of sp³-hybridized carbons (Fsp3) is 1.00. The molecule has 0 radical (unpaired) electrons. The van der Waals surface area contributed by atoms with E-state index >= 15 is 0 Å². The Bertz CT molecular complexity index is 119. The van der Waals surface area contributed by atoms with Gasteiger partial charge in [-0.3, -0.25) is 9.80 Å². The molecule has 0 aliphatic carbocycles. The fourth-order valence-electron chi connectivity index (χ4n) is 2.48. The van der Waals surface area contributed by atoms with E-state index in [-0.39, 0.29) is 0 Å². The minimum Gasteiger partial charge on any atom is -0.290 e. The van der Waals surface area contributed by atoms with E-state index in [0.29, 0.717) is 0 Å². The summed E-state index contributed by atoms with van der Waals surface area (Å²) in [7, 11) is 0. The third-order valence-corrected chi connectivity index (χ3v) is 3.30. The third-order valence-electron chi connectivity index (χ3n) is 3.30. The van der Waals surface area contributed by atoms with Gasteiger partial charge in [-0.15, -0.1) is 0 Å². The summed E-state index contributed by atoms with van der Waals surface area (Å²) in [5.74, 6) is 0. The average molecular weight is 182 g/mol. The molecule has 76 valence electrons. The van der Waals surface area contributed by atoms with Crippen LogP contribution in [0.3, 0.4) is 0 Å². The largest absolute Gasteiger partial charge is 0.290 e. The molecule has 2 saturated heterocycles. The summed E-state index contributed by atoms with van der Waals surface area (Å²) in [4.78, 5) is 5.27. The quantitative estimate of drug-likeness (QED) is 0.643. The second kappa shape index (κ2) is 4.97. The topological polar surface area (TPSA) is 6.48 Å². The van der Waals surface area contributed by atoms with Gasteiger partial charge in [0.2, 0.25) is 0 Å². The Labute approximate surface area is 81.9 Å². The number of rotatable bonds is 2. The average Bonchev–Trinajstić information content (AvgIpc) is 2.21. The summed E-state index contributed by atoms with van der Waals surface area (Å²) in [6.07, 6.45) is 8.61. The summed E-state index contributed by atoms with van der Waals surface area (Å²) in [6.45, 7) is 6.62. The van der Waals surface area contributed by atoms with Crippen molar-refractivity contribution >= 4 is 0 Å². The van der Waals surface area contributed by atoms with Crippen molar-refractivity contribution in [3.8, 4) is 0 Å². The van der Waals surface area contributed by atoms with Gasteiger partial charge in [0, 0.05) is 0 Å². The fourth-order valence-corrected chi connectivity index (χ4v) is 2.48. The van der Waals surface area contributed by atoms with Gasteiger partial charge in [0.05, 0.1) is 6.67 Å². The number of hydrogen-bond donors (Lipinski definition) is 0. The Morgan fingerprint density at radius 3 is 1.31 bits per heavy atom. The van der Waals surface area contributed by atoms with Gasteiger partial charge in [-0.25, -0.2) is 0 Å². The van der Waals surface area contributed by atoms with Crippen LogP contribution >= 0.6 is 0 Å². The van der Waals surface area contributed by atoms with E-state index in [0.717, 1.165) is 0 Å². The van der Waals surface area contributed by atoms with E-state index in [9.17, 15) is 0 Å². The number of likely N-dealkylation sites (tertiary alicyclic amines) is 2. The maximum absolute atomic E-state index is 2.63. The number of piperidine rings is 2. The Balaban J connectivity index is 1.69. The molecule has 0 aromatic carbocycles. The highest BCUT2D eigenvalue weighted by Crippen LogP contribution is 2.12. The predicted molar refractivity (Wildman–Crippen MR) is 55.7 cm³/mol. The molecule has 13 heavy (non-hydrogen) atoms. The standard InChI is InChI=1S/C11H22N2/c1-3-7-12(8-4-1)11-13-9-5-2-6-10-13/h1-11H2. The Kier molecular flexibility index (Phi) is 3.62. The van der Waals surface area contributed by atoms with Gasteiger partial charge in [0.15, 0.2) is 0 Å². The van der Waals surface area contributed by atoms with Crippen LogP contribution in [0.25, 0.3) is 0 Å². The summed E-state index contributed by atoms with van der Waals surface area (Å²) >= 11 is 0. The molecule has 0 saturated carbocycles. The van der Waals surface area contributed by atoms with Gasteiger partial charge in [-0.05, 0) is 51.9 Å². The minimum absolute atomic E-state index is 1.25. The Morgan fingerprint density at radius 2 is 0.923 bits per heavy atom. The van der Waals surface area contributed by atoms with Crippen molar-refractivity contribution in [2.24, 2.45) is 0 Å². The van der Waals surface area contributed by atoms with E-state index < -0.39 is 0 Å². The van der Waals surface area contributed by atoms with Gasteiger partial charge >= 0.3 is 0 Å². The molecule has 2 heterocycles. The van der Waals surface area contributed by atoms with Gasteiger partial charge in [-0.2, -0.15) is 0 Å². The molecule has 0 N–H and O–H groups in total. The second-order valence-corrected chi connectivity index (χ2v) is 4.50. The molecule has 2 rings (SSSR count). The molecule has 2 heteroatoms. The third kappa shape index (κ3) is 2.96. The van der Waals surface area contributed by atoms with Crippen molar-refractivity contribution in [2.75, 3.05) is 32.8 Å². The molecule has 2 aliphatic rings. The molecule has 2 fully saturated rings. The van der Waals surface area contributed by atoms with Crippen LogP contribution < -0.4 is 0 Å². The smallest absolute Gasteiger partial charge is 0.0506 e. The monoisotopic (exact) mass is 182 g/mol. The highest BCUT2D eigenvalue weighted by molar-refractivity contribution is 4.68. The minimum atomic E-state index is 1.25. The van der Waals surface area contributed by atoms with Gasteiger partial charge < -0.3 is 0 Å². The van der Waals surface area contributed by atoms with E-state index in [4.69, 9.17) is 0 Å². The molecular formula is C11H22N2. The normalized spacial score (nSPS) is 27.7. The molecule has 0 unspecified atom stereocenters. The van der Waals surface area contributed by atoms with Gasteiger partial charge in [0.1, 0.15) is 0 Å². The first-order chi connectivity index (χ1) is 6.45. The summed E-state index contributed by atoms with van der Waals surface area (Å²) < 4.78 is 0. The first-order valence-corrected chi connectivity index (χ1v) is 5.90. The van der Waals surface area contributed by atoms with Crippen molar-refractivity contribution in [1.82, 2.24) is 9.80 Å². The summed E-state index contributed by atoms with van der Waals surface area (Å²) in [6, 6.07) is 0. The summed E-state index contributed by atoms with van der Waals surface area (Å²) in [5.41, 5.74) is 0. The molecule has 0 atom stereocenters. The van der Waals surface area contributed by atoms with Crippen molar-refractivity contribution in [1.29, 1.82) is 0 Å². The number of hydrogen-bond acceptors (Lipinski definition) is 2. The molecule has 0 bridgehead atoms. The zero-order chi connectivity index (χ0) is 8.93.